The second kappa shape index (κ2) is 4.77. The van der Waals surface area contributed by atoms with Crippen LogP contribution in [0, 0.1) is 5.82 Å². The van der Waals surface area contributed by atoms with Gasteiger partial charge >= 0.3 is 0 Å². The Morgan fingerprint density at radius 1 is 1.62 bits per heavy atom. The van der Waals surface area contributed by atoms with E-state index >= 15 is 0 Å². The van der Waals surface area contributed by atoms with Crippen molar-refractivity contribution in [3.8, 4) is 0 Å². The van der Waals surface area contributed by atoms with Gasteiger partial charge in [-0.05, 0) is 19.1 Å². The van der Waals surface area contributed by atoms with Crippen LogP contribution in [0.4, 0.5) is 4.39 Å². The van der Waals surface area contributed by atoms with E-state index in [1.807, 2.05) is 6.92 Å². The molecule has 0 saturated heterocycles. The summed E-state index contributed by atoms with van der Waals surface area (Å²) < 4.78 is 14.0. The van der Waals surface area contributed by atoms with Crippen molar-refractivity contribution in [2.24, 2.45) is 0 Å². The highest BCUT2D eigenvalue weighted by Crippen LogP contribution is 2.17. The Labute approximate surface area is 90.5 Å². The lowest BCUT2D eigenvalue weighted by molar-refractivity contribution is 0.624. The fraction of sp³-hybridized carbons (Fsp3) is 0.200. The second-order valence-corrected chi connectivity index (χ2v) is 3.97. The molecule has 0 nitrogen and oxygen atoms in total. The lowest BCUT2D eigenvalue weighted by Crippen LogP contribution is -1.84. The standard InChI is InChI=1S/C10H9BrClF/c1-7(6-12)4-8-2-3-9(11)5-10(8)13/h2-5H,6H2,1H3. The molecule has 3 heteroatoms. The lowest BCUT2D eigenvalue weighted by atomic mass is 10.1. The average Bonchev–Trinajstić information content (AvgIpc) is 2.09. The molecule has 70 valence electrons. The zero-order chi connectivity index (χ0) is 9.84. The van der Waals surface area contributed by atoms with Crippen LogP contribution in [0.3, 0.4) is 0 Å². The summed E-state index contributed by atoms with van der Waals surface area (Å²) >= 11 is 8.78. The molecule has 0 heterocycles. The Balaban J connectivity index is 3.03. The molecule has 0 aromatic heterocycles. The number of alkyl halides is 1. The van der Waals surface area contributed by atoms with E-state index in [1.54, 1.807) is 18.2 Å². The first kappa shape index (κ1) is 10.7. The van der Waals surface area contributed by atoms with Crippen LogP contribution in [0.25, 0.3) is 6.08 Å². The molecule has 0 atom stereocenters. The quantitative estimate of drug-likeness (QED) is 0.701. The highest BCUT2D eigenvalue weighted by molar-refractivity contribution is 9.10. The largest absolute Gasteiger partial charge is 0.206 e. The van der Waals surface area contributed by atoms with Crippen molar-refractivity contribution < 1.29 is 4.39 Å². The number of allylic oxidation sites excluding steroid dienone is 1. The molecular formula is C10H9BrClF. The van der Waals surface area contributed by atoms with E-state index in [4.69, 9.17) is 11.6 Å². The lowest BCUT2D eigenvalue weighted by Gasteiger charge is -1.99. The van der Waals surface area contributed by atoms with Crippen LogP contribution < -0.4 is 0 Å². The van der Waals surface area contributed by atoms with Gasteiger partial charge in [0.1, 0.15) is 5.82 Å². The maximum Gasteiger partial charge on any atom is 0.131 e. The highest BCUT2D eigenvalue weighted by atomic mass is 79.9. The van der Waals surface area contributed by atoms with Crippen molar-refractivity contribution in [1.82, 2.24) is 0 Å². The number of hydrogen-bond acceptors (Lipinski definition) is 0. The minimum Gasteiger partial charge on any atom is -0.206 e. The summed E-state index contributed by atoms with van der Waals surface area (Å²) in [6, 6.07) is 4.96. The van der Waals surface area contributed by atoms with E-state index in [0.29, 0.717) is 11.4 Å². The molecule has 0 aliphatic carbocycles. The SMILES string of the molecule is CC(=Cc1ccc(Br)cc1F)CCl. The summed E-state index contributed by atoms with van der Waals surface area (Å²) in [5, 5.41) is 0. The van der Waals surface area contributed by atoms with Gasteiger partial charge in [-0.1, -0.05) is 33.6 Å². The van der Waals surface area contributed by atoms with Gasteiger partial charge in [-0.2, -0.15) is 0 Å². The van der Waals surface area contributed by atoms with Crippen molar-refractivity contribution in [3.63, 3.8) is 0 Å². The summed E-state index contributed by atoms with van der Waals surface area (Å²) in [7, 11) is 0. The third-order valence-electron chi connectivity index (χ3n) is 1.58. The Morgan fingerprint density at radius 3 is 2.85 bits per heavy atom. The maximum absolute atomic E-state index is 13.2. The summed E-state index contributed by atoms with van der Waals surface area (Å²) in [4.78, 5) is 0. The molecule has 0 radical (unpaired) electrons. The molecule has 1 aromatic carbocycles. The van der Waals surface area contributed by atoms with Gasteiger partial charge in [-0.15, -0.1) is 11.6 Å². The fourth-order valence-electron chi connectivity index (χ4n) is 0.923. The number of rotatable bonds is 2. The molecule has 0 fully saturated rings. The van der Waals surface area contributed by atoms with E-state index in [9.17, 15) is 4.39 Å². The molecule has 1 aromatic rings. The fourth-order valence-corrected chi connectivity index (χ4v) is 1.33. The van der Waals surface area contributed by atoms with Crippen LogP contribution in [-0.2, 0) is 0 Å². The molecule has 0 amide bonds. The van der Waals surface area contributed by atoms with Gasteiger partial charge in [0, 0.05) is 15.9 Å². The van der Waals surface area contributed by atoms with Crippen LogP contribution in [0.1, 0.15) is 12.5 Å². The summed E-state index contributed by atoms with van der Waals surface area (Å²) in [6.07, 6.45) is 1.74. The predicted molar refractivity (Wildman–Crippen MR) is 58.5 cm³/mol. The topological polar surface area (TPSA) is 0 Å². The van der Waals surface area contributed by atoms with Crippen LogP contribution in [-0.4, -0.2) is 5.88 Å². The molecule has 0 aliphatic heterocycles. The van der Waals surface area contributed by atoms with E-state index in [0.717, 1.165) is 10.0 Å². The summed E-state index contributed by atoms with van der Waals surface area (Å²) in [5.74, 6) is 0.189. The third kappa shape index (κ3) is 3.12. The smallest absolute Gasteiger partial charge is 0.131 e. The van der Waals surface area contributed by atoms with Gasteiger partial charge in [-0.3, -0.25) is 0 Å². The minimum absolute atomic E-state index is 0.237. The Kier molecular flexibility index (Phi) is 3.94. The molecular weight excluding hydrogens is 254 g/mol. The normalized spacial score (nSPS) is 11.8. The number of benzene rings is 1. The van der Waals surface area contributed by atoms with Crippen molar-refractivity contribution in [3.05, 3.63) is 39.6 Å². The molecule has 0 spiro atoms. The van der Waals surface area contributed by atoms with Gasteiger partial charge in [0.2, 0.25) is 0 Å². The molecule has 0 bridgehead atoms. The van der Waals surface area contributed by atoms with Gasteiger partial charge in [0.05, 0.1) is 0 Å². The van der Waals surface area contributed by atoms with Gasteiger partial charge in [-0.25, -0.2) is 4.39 Å². The molecule has 13 heavy (non-hydrogen) atoms. The first-order chi connectivity index (χ1) is 6.13. The zero-order valence-electron chi connectivity index (χ0n) is 7.15. The van der Waals surface area contributed by atoms with Crippen LogP contribution >= 0.6 is 27.5 Å². The predicted octanol–water partition coefficient (Wildman–Crippen LogP) is 4.23. The third-order valence-corrected chi connectivity index (χ3v) is 2.49. The van der Waals surface area contributed by atoms with E-state index < -0.39 is 0 Å². The molecule has 0 unspecified atom stereocenters. The highest BCUT2D eigenvalue weighted by Gasteiger charge is 1.99. The van der Waals surface area contributed by atoms with Crippen molar-refractivity contribution in [2.75, 3.05) is 5.88 Å². The van der Waals surface area contributed by atoms with Crippen LogP contribution in [0.2, 0.25) is 0 Å². The molecule has 0 saturated carbocycles. The van der Waals surface area contributed by atoms with Crippen molar-refractivity contribution in [1.29, 1.82) is 0 Å². The Morgan fingerprint density at radius 2 is 2.31 bits per heavy atom. The van der Waals surface area contributed by atoms with Crippen molar-refractivity contribution >= 4 is 33.6 Å². The van der Waals surface area contributed by atoms with Crippen molar-refractivity contribution in [2.45, 2.75) is 6.92 Å². The monoisotopic (exact) mass is 262 g/mol. The zero-order valence-corrected chi connectivity index (χ0v) is 9.49. The van der Waals surface area contributed by atoms with E-state index in [-0.39, 0.29) is 5.82 Å². The summed E-state index contributed by atoms with van der Waals surface area (Å²) in [5.41, 5.74) is 1.52. The first-order valence-electron chi connectivity index (χ1n) is 3.81. The van der Waals surface area contributed by atoms with Gasteiger partial charge in [0.25, 0.3) is 0 Å². The van der Waals surface area contributed by atoms with Crippen LogP contribution in [0.15, 0.2) is 28.2 Å². The summed E-state index contributed by atoms with van der Waals surface area (Å²) in [6.45, 7) is 1.87. The van der Waals surface area contributed by atoms with Gasteiger partial charge in [0.15, 0.2) is 0 Å². The molecule has 0 N–H and O–H groups in total. The minimum atomic E-state index is -0.237. The average molecular weight is 264 g/mol. The number of halogens is 3. The maximum atomic E-state index is 13.2. The molecule has 0 aliphatic rings. The van der Waals surface area contributed by atoms with E-state index in [1.165, 1.54) is 6.07 Å². The first-order valence-corrected chi connectivity index (χ1v) is 5.14. The molecule has 1 rings (SSSR count). The van der Waals surface area contributed by atoms with Crippen LogP contribution in [0.5, 0.6) is 0 Å². The second-order valence-electron chi connectivity index (χ2n) is 2.79. The Bertz CT molecular complexity index is 334. The van der Waals surface area contributed by atoms with Gasteiger partial charge < -0.3 is 0 Å². The number of hydrogen-bond donors (Lipinski definition) is 0. The Hall–Kier alpha value is -0.340. The van der Waals surface area contributed by atoms with E-state index in [2.05, 4.69) is 15.9 Å².